The van der Waals surface area contributed by atoms with Gasteiger partial charge in [-0.05, 0) is 19.4 Å². The number of hydrogen-bond acceptors (Lipinski definition) is 1. The van der Waals surface area contributed by atoms with Gasteiger partial charge in [0.2, 0.25) is 0 Å². The molecule has 0 aromatic carbocycles. The molecule has 1 heterocycles. The van der Waals surface area contributed by atoms with Crippen molar-refractivity contribution in [2.75, 3.05) is 6.54 Å². The molecule has 0 saturated carbocycles. The molecule has 1 atom stereocenters. The van der Waals surface area contributed by atoms with Gasteiger partial charge >= 0.3 is 0 Å². The fourth-order valence-electron chi connectivity index (χ4n) is 0.697. The summed E-state index contributed by atoms with van der Waals surface area (Å²) in [5.41, 5.74) is 0. The third-order valence-electron chi connectivity index (χ3n) is 1.42. The third-order valence-corrected chi connectivity index (χ3v) is 1.42. The quantitative estimate of drug-likeness (QED) is 0.549. The highest BCUT2D eigenvalue weighted by molar-refractivity contribution is 4.74. The molecule has 1 rings (SSSR count). The Morgan fingerprint density at radius 1 is 1.50 bits per heavy atom. The Morgan fingerprint density at radius 3 is 2.00 bits per heavy atom. The largest absolute Gasteiger partial charge is 0.314 e. The Morgan fingerprint density at radius 2 is 2.00 bits per heavy atom. The molecule has 1 fully saturated rings. The number of rotatable bonds is 1. The predicted molar refractivity (Wildman–Crippen MR) is 38.0 cm³/mol. The first kappa shape index (κ1) is 7.96. The molecule has 1 heteroatoms. The predicted octanol–water partition coefficient (Wildman–Crippen LogP) is 1.78. The van der Waals surface area contributed by atoms with Crippen LogP contribution >= 0.6 is 0 Å². The minimum absolute atomic E-state index is 0.866. The fraction of sp³-hybridized carbons (Fsp3) is 1.00. The van der Waals surface area contributed by atoms with Crippen LogP contribution in [-0.4, -0.2) is 12.6 Å². The zero-order chi connectivity index (χ0) is 6.41. The first-order valence-electron chi connectivity index (χ1n) is 3.67. The van der Waals surface area contributed by atoms with Gasteiger partial charge in [0.1, 0.15) is 0 Å². The van der Waals surface area contributed by atoms with Crippen molar-refractivity contribution in [2.45, 2.75) is 39.7 Å². The van der Waals surface area contributed by atoms with Crippen molar-refractivity contribution in [3.05, 3.63) is 0 Å². The molecule has 0 aliphatic carbocycles. The van der Waals surface area contributed by atoms with Crippen LogP contribution in [0.3, 0.4) is 0 Å². The second kappa shape index (κ2) is 5.10. The molecule has 50 valence electrons. The maximum absolute atomic E-state index is 3.30. The molecule has 1 nitrogen and oxygen atoms in total. The number of hydrogen-bond donors (Lipinski definition) is 1. The summed E-state index contributed by atoms with van der Waals surface area (Å²) in [6.45, 7) is 7.47. The first-order valence-corrected chi connectivity index (χ1v) is 3.67. The average Bonchev–Trinajstić information content (AvgIpc) is 1.69. The summed E-state index contributed by atoms with van der Waals surface area (Å²) in [5.74, 6) is 0. The van der Waals surface area contributed by atoms with E-state index in [4.69, 9.17) is 0 Å². The average molecular weight is 115 g/mol. The second-order valence-corrected chi connectivity index (χ2v) is 1.85. The molecular formula is C7H17N. The maximum Gasteiger partial charge on any atom is 0.00765 e. The molecule has 8 heavy (non-hydrogen) atoms. The highest BCUT2D eigenvalue weighted by atomic mass is 15.0. The van der Waals surface area contributed by atoms with Gasteiger partial charge < -0.3 is 5.32 Å². The van der Waals surface area contributed by atoms with E-state index in [0.29, 0.717) is 0 Å². The zero-order valence-corrected chi connectivity index (χ0v) is 6.20. The Labute approximate surface area is 52.5 Å². The van der Waals surface area contributed by atoms with E-state index < -0.39 is 0 Å². The van der Waals surface area contributed by atoms with Crippen LogP contribution in [0.2, 0.25) is 0 Å². The van der Waals surface area contributed by atoms with E-state index in [1.54, 1.807) is 0 Å². The maximum atomic E-state index is 3.30. The second-order valence-electron chi connectivity index (χ2n) is 1.85. The summed E-state index contributed by atoms with van der Waals surface area (Å²) in [4.78, 5) is 0. The van der Waals surface area contributed by atoms with E-state index in [1.165, 1.54) is 19.4 Å². The molecule has 1 saturated heterocycles. The van der Waals surface area contributed by atoms with Gasteiger partial charge in [-0.15, -0.1) is 0 Å². The summed E-state index contributed by atoms with van der Waals surface area (Å²) < 4.78 is 0. The standard InChI is InChI=1S/C5H11N.C2H6/c1-2-5-3-4-6-5;1-2/h5-6H,2-4H2,1H3;1-2H3. The minimum atomic E-state index is 0.866. The summed E-state index contributed by atoms with van der Waals surface area (Å²) >= 11 is 0. The fourth-order valence-corrected chi connectivity index (χ4v) is 0.697. The van der Waals surface area contributed by atoms with Gasteiger partial charge in [-0.25, -0.2) is 0 Å². The zero-order valence-electron chi connectivity index (χ0n) is 6.20. The molecule has 1 N–H and O–H groups in total. The van der Waals surface area contributed by atoms with Crippen LogP contribution in [0.4, 0.5) is 0 Å². The van der Waals surface area contributed by atoms with Crippen molar-refractivity contribution < 1.29 is 0 Å². The minimum Gasteiger partial charge on any atom is -0.314 e. The Bertz CT molecular complexity index is 36.9. The van der Waals surface area contributed by atoms with Gasteiger partial charge in [-0.2, -0.15) is 0 Å². The summed E-state index contributed by atoms with van der Waals surface area (Å²) in [6, 6.07) is 0.866. The lowest BCUT2D eigenvalue weighted by molar-refractivity contribution is 0.362. The SMILES string of the molecule is CC.CCC1CCN1. The monoisotopic (exact) mass is 115 g/mol. The highest BCUT2D eigenvalue weighted by Crippen LogP contribution is 2.03. The van der Waals surface area contributed by atoms with Gasteiger partial charge in [-0.3, -0.25) is 0 Å². The van der Waals surface area contributed by atoms with E-state index in [0.717, 1.165) is 6.04 Å². The van der Waals surface area contributed by atoms with E-state index in [2.05, 4.69) is 12.2 Å². The molecule has 0 aromatic rings. The van der Waals surface area contributed by atoms with Gasteiger partial charge in [0.05, 0.1) is 0 Å². The Balaban J connectivity index is 0.000000222. The van der Waals surface area contributed by atoms with Crippen molar-refractivity contribution >= 4 is 0 Å². The normalized spacial score (nSPS) is 25.1. The van der Waals surface area contributed by atoms with Crippen LogP contribution in [0.1, 0.15) is 33.6 Å². The van der Waals surface area contributed by atoms with Crippen LogP contribution < -0.4 is 5.32 Å². The topological polar surface area (TPSA) is 12.0 Å². The van der Waals surface area contributed by atoms with Crippen LogP contribution in [0.15, 0.2) is 0 Å². The first-order chi connectivity index (χ1) is 3.93. The van der Waals surface area contributed by atoms with Crippen LogP contribution in [0, 0.1) is 0 Å². The summed E-state index contributed by atoms with van der Waals surface area (Å²) in [6.07, 6.45) is 2.70. The molecule has 1 aliphatic rings. The molecule has 0 bridgehead atoms. The van der Waals surface area contributed by atoms with Crippen molar-refractivity contribution in [2.24, 2.45) is 0 Å². The van der Waals surface area contributed by atoms with Gasteiger partial charge in [0, 0.05) is 6.04 Å². The van der Waals surface area contributed by atoms with Gasteiger partial charge in [0.25, 0.3) is 0 Å². The highest BCUT2D eigenvalue weighted by Gasteiger charge is 2.11. The van der Waals surface area contributed by atoms with Crippen molar-refractivity contribution in [3.63, 3.8) is 0 Å². The van der Waals surface area contributed by atoms with Crippen molar-refractivity contribution in [1.29, 1.82) is 0 Å². The smallest absolute Gasteiger partial charge is 0.00765 e. The van der Waals surface area contributed by atoms with E-state index in [-0.39, 0.29) is 0 Å². The molecule has 1 unspecified atom stereocenters. The van der Waals surface area contributed by atoms with Crippen molar-refractivity contribution in [1.82, 2.24) is 5.32 Å². The number of nitrogens with one attached hydrogen (secondary N) is 1. The molecular weight excluding hydrogens is 98.1 g/mol. The van der Waals surface area contributed by atoms with Crippen molar-refractivity contribution in [3.8, 4) is 0 Å². The third kappa shape index (κ3) is 2.31. The molecule has 1 aliphatic heterocycles. The van der Waals surface area contributed by atoms with Crippen LogP contribution in [-0.2, 0) is 0 Å². The van der Waals surface area contributed by atoms with E-state index >= 15 is 0 Å². The van der Waals surface area contributed by atoms with E-state index in [1.807, 2.05) is 13.8 Å². The molecule has 0 radical (unpaired) electrons. The van der Waals surface area contributed by atoms with Crippen LogP contribution in [0.5, 0.6) is 0 Å². The lowest BCUT2D eigenvalue weighted by Crippen LogP contribution is -2.41. The molecule has 0 amide bonds. The summed E-state index contributed by atoms with van der Waals surface area (Å²) in [5, 5.41) is 3.30. The van der Waals surface area contributed by atoms with E-state index in [9.17, 15) is 0 Å². The Hall–Kier alpha value is -0.0400. The summed E-state index contributed by atoms with van der Waals surface area (Å²) in [7, 11) is 0. The lowest BCUT2D eigenvalue weighted by atomic mass is 10.1. The van der Waals surface area contributed by atoms with Gasteiger partial charge in [0.15, 0.2) is 0 Å². The van der Waals surface area contributed by atoms with Gasteiger partial charge in [-0.1, -0.05) is 20.8 Å². The lowest BCUT2D eigenvalue weighted by Gasteiger charge is -2.25. The Kier molecular flexibility index (Phi) is 5.08. The molecule has 0 aromatic heterocycles. The van der Waals surface area contributed by atoms with Crippen LogP contribution in [0.25, 0.3) is 0 Å². The molecule has 0 spiro atoms.